The number of terminal acetylenes is 1. The smallest absolute Gasteiger partial charge is 0.246 e. The summed E-state index contributed by atoms with van der Waals surface area (Å²) in [5.41, 5.74) is -4.70. The van der Waals surface area contributed by atoms with Gasteiger partial charge in [0, 0.05) is 16.3 Å². The fourth-order valence-electron chi connectivity index (χ4n) is 7.28. The number of rotatable bonds is 4. The van der Waals surface area contributed by atoms with Crippen molar-refractivity contribution in [1.29, 1.82) is 10.5 Å². The van der Waals surface area contributed by atoms with Gasteiger partial charge in [0.2, 0.25) is 17.9 Å². The largest absolute Gasteiger partial charge is 0.307 e. The van der Waals surface area contributed by atoms with Gasteiger partial charge in [-0.3, -0.25) is 24.6 Å². The van der Waals surface area contributed by atoms with E-state index < -0.39 is 45.4 Å². The van der Waals surface area contributed by atoms with E-state index in [4.69, 9.17) is 6.42 Å². The summed E-state index contributed by atoms with van der Waals surface area (Å²) in [6.45, 7) is -0.123. The number of nitriles is 2. The summed E-state index contributed by atoms with van der Waals surface area (Å²) in [4.78, 5) is 44.8. The molecule has 0 saturated heterocycles. The van der Waals surface area contributed by atoms with Gasteiger partial charge in [0.25, 0.3) is 0 Å². The van der Waals surface area contributed by atoms with Gasteiger partial charge in [-0.2, -0.15) is 10.5 Å². The molecule has 40 heavy (non-hydrogen) atoms. The number of anilines is 2. The molecule has 2 aliphatic heterocycles. The lowest BCUT2D eigenvalue weighted by atomic mass is 9.51. The predicted octanol–water partition coefficient (Wildman–Crippen LogP) is 3.47. The fourth-order valence-corrected chi connectivity index (χ4v) is 7.28. The highest BCUT2D eigenvalue weighted by molar-refractivity contribution is 6.21. The molecular weight excluding hydrogens is 506 g/mol. The molecule has 2 amide bonds. The number of para-hydroxylation sites is 2. The van der Waals surface area contributed by atoms with Crippen molar-refractivity contribution in [2.24, 2.45) is 5.41 Å². The van der Waals surface area contributed by atoms with Crippen molar-refractivity contribution in [3.05, 3.63) is 106 Å². The summed E-state index contributed by atoms with van der Waals surface area (Å²) in [6.07, 6.45) is 5.01. The van der Waals surface area contributed by atoms with Crippen LogP contribution >= 0.6 is 0 Å². The second-order valence-electron chi connectivity index (χ2n) is 10.2. The highest BCUT2D eigenvalue weighted by atomic mass is 16.6. The first-order valence-corrected chi connectivity index (χ1v) is 12.6. The Balaban J connectivity index is 1.76. The fraction of sp³-hybridized carbons (Fsp3) is 0.226. The Morgan fingerprint density at radius 3 is 2.05 bits per heavy atom. The summed E-state index contributed by atoms with van der Waals surface area (Å²) in [5, 5.41) is 34.2. The molecule has 0 aromatic heterocycles. The van der Waals surface area contributed by atoms with E-state index in [1.54, 1.807) is 48.5 Å². The van der Waals surface area contributed by atoms with E-state index in [-0.39, 0.29) is 24.2 Å². The normalized spacial score (nSPS) is 25.4. The summed E-state index contributed by atoms with van der Waals surface area (Å²) in [5.74, 6) is 0.988. The van der Waals surface area contributed by atoms with Gasteiger partial charge in [-0.05, 0) is 28.8 Å². The van der Waals surface area contributed by atoms with Crippen LogP contribution in [-0.2, 0) is 27.0 Å². The molecule has 9 nitrogen and oxygen atoms in total. The second-order valence-corrected chi connectivity index (χ2v) is 10.2. The van der Waals surface area contributed by atoms with Crippen LogP contribution in [0.25, 0.3) is 0 Å². The van der Waals surface area contributed by atoms with Crippen LogP contribution < -0.4 is 9.80 Å². The summed E-state index contributed by atoms with van der Waals surface area (Å²) >= 11 is 0. The lowest BCUT2D eigenvalue weighted by Crippen LogP contribution is -2.65. The standard InChI is InChI=1S/C31H21N5O4/c1-2-16-34-25-15-9-7-13-23(25)31(28(34)38)29(19-32,20-33)17-26(36(39)40)30(31)22-12-6-8-14-24(22)35(27(30)37)18-21-10-4-3-5-11-21/h1,3-15,26H,16-18H2. The molecular formula is C31H21N5O4. The van der Waals surface area contributed by atoms with E-state index in [2.05, 4.69) is 5.92 Å². The third kappa shape index (κ3) is 2.65. The van der Waals surface area contributed by atoms with Crippen molar-refractivity contribution >= 4 is 23.2 Å². The van der Waals surface area contributed by atoms with Crippen LogP contribution in [0.3, 0.4) is 0 Å². The van der Waals surface area contributed by atoms with Crippen molar-refractivity contribution in [1.82, 2.24) is 0 Å². The molecule has 3 aliphatic rings. The predicted molar refractivity (Wildman–Crippen MR) is 144 cm³/mol. The zero-order valence-corrected chi connectivity index (χ0v) is 21.2. The third-order valence-corrected chi connectivity index (χ3v) is 8.67. The monoisotopic (exact) mass is 527 g/mol. The minimum Gasteiger partial charge on any atom is -0.307 e. The Labute approximate surface area is 230 Å². The van der Waals surface area contributed by atoms with Gasteiger partial charge < -0.3 is 4.90 Å². The van der Waals surface area contributed by atoms with Gasteiger partial charge in [-0.1, -0.05) is 72.7 Å². The van der Waals surface area contributed by atoms with Gasteiger partial charge >= 0.3 is 0 Å². The van der Waals surface area contributed by atoms with E-state index in [1.165, 1.54) is 9.80 Å². The zero-order valence-electron chi connectivity index (χ0n) is 21.2. The minimum atomic E-state index is -2.24. The number of fused-ring (bicyclic) bond motifs is 5. The number of carbonyl (C=O) groups excluding carboxylic acids is 2. The Hall–Kier alpha value is -5.46. The number of amides is 2. The molecule has 3 aromatic rings. The maximum Gasteiger partial charge on any atom is 0.246 e. The summed E-state index contributed by atoms with van der Waals surface area (Å²) < 4.78 is 0. The highest BCUT2D eigenvalue weighted by Crippen LogP contribution is 2.72. The van der Waals surface area contributed by atoms with E-state index in [1.807, 2.05) is 42.5 Å². The maximum absolute atomic E-state index is 15.0. The van der Waals surface area contributed by atoms with E-state index in [9.17, 15) is 30.2 Å². The lowest BCUT2D eigenvalue weighted by Gasteiger charge is -2.42. The molecule has 1 aliphatic carbocycles. The van der Waals surface area contributed by atoms with Crippen LogP contribution in [0, 0.1) is 50.5 Å². The molecule has 1 saturated carbocycles. The van der Waals surface area contributed by atoms with Gasteiger partial charge in [0.15, 0.2) is 10.8 Å². The second kappa shape index (κ2) is 8.53. The number of hydrogen-bond donors (Lipinski definition) is 0. The van der Waals surface area contributed by atoms with Crippen molar-refractivity contribution < 1.29 is 14.5 Å². The van der Waals surface area contributed by atoms with Gasteiger partial charge in [0.1, 0.15) is 5.41 Å². The van der Waals surface area contributed by atoms with Crippen LogP contribution in [-0.4, -0.2) is 29.3 Å². The molecule has 3 unspecified atom stereocenters. The molecule has 9 heteroatoms. The first-order valence-electron chi connectivity index (χ1n) is 12.6. The lowest BCUT2D eigenvalue weighted by molar-refractivity contribution is -0.529. The van der Waals surface area contributed by atoms with Gasteiger partial charge in [0.05, 0.1) is 31.6 Å². The maximum atomic E-state index is 15.0. The first kappa shape index (κ1) is 24.9. The van der Waals surface area contributed by atoms with Crippen molar-refractivity contribution in [3.63, 3.8) is 0 Å². The molecule has 2 heterocycles. The molecule has 0 N–H and O–H groups in total. The molecule has 2 spiro atoms. The quantitative estimate of drug-likeness (QED) is 0.290. The Morgan fingerprint density at radius 2 is 1.45 bits per heavy atom. The first-order chi connectivity index (χ1) is 19.4. The molecule has 0 radical (unpaired) electrons. The molecule has 6 rings (SSSR count). The SMILES string of the molecule is C#CCN1C(=O)C2(c3ccccc31)C(C#N)(C#N)CC([N+](=O)[O-])C21C(=O)N(Cc2ccccc2)c2ccccc21. The molecule has 3 aromatic carbocycles. The van der Waals surface area contributed by atoms with E-state index in [0.717, 1.165) is 5.56 Å². The number of hydrogen-bond acceptors (Lipinski definition) is 6. The summed E-state index contributed by atoms with van der Waals surface area (Å²) in [7, 11) is 0. The average Bonchev–Trinajstić information content (AvgIpc) is 3.51. The molecule has 0 bridgehead atoms. The number of benzene rings is 3. The highest BCUT2D eigenvalue weighted by Gasteiger charge is 2.88. The third-order valence-electron chi connectivity index (χ3n) is 8.67. The van der Waals surface area contributed by atoms with Crippen molar-refractivity contribution in [2.45, 2.75) is 29.8 Å². The molecule has 194 valence electrons. The van der Waals surface area contributed by atoms with Crippen LogP contribution in [0.2, 0.25) is 0 Å². The minimum absolute atomic E-state index is 0.0783. The van der Waals surface area contributed by atoms with Crippen molar-refractivity contribution in [2.75, 3.05) is 16.3 Å². The van der Waals surface area contributed by atoms with Gasteiger partial charge in [-0.15, -0.1) is 6.42 Å². The Morgan fingerprint density at radius 1 is 0.875 bits per heavy atom. The topological polar surface area (TPSA) is 131 Å². The van der Waals surface area contributed by atoms with E-state index in [0.29, 0.717) is 11.4 Å². The van der Waals surface area contributed by atoms with Crippen LogP contribution in [0.4, 0.5) is 11.4 Å². The zero-order chi connectivity index (χ0) is 28.3. The van der Waals surface area contributed by atoms with Crippen molar-refractivity contribution in [3.8, 4) is 24.5 Å². The average molecular weight is 528 g/mol. The van der Waals surface area contributed by atoms with E-state index >= 15 is 0 Å². The number of nitrogens with zero attached hydrogens (tertiary/aromatic N) is 5. The Kier molecular flexibility index (Phi) is 5.30. The van der Waals surface area contributed by atoms with Crippen LogP contribution in [0.5, 0.6) is 0 Å². The van der Waals surface area contributed by atoms with Crippen LogP contribution in [0.1, 0.15) is 23.1 Å². The number of carbonyl (C=O) groups is 2. The van der Waals surface area contributed by atoms with Gasteiger partial charge in [-0.25, -0.2) is 0 Å². The number of nitro groups is 1. The summed E-state index contributed by atoms with van der Waals surface area (Å²) in [6, 6.07) is 24.5. The molecule has 1 fully saturated rings. The Bertz CT molecular complexity index is 1720. The molecule has 3 atom stereocenters. The van der Waals surface area contributed by atoms with Crippen LogP contribution in [0.15, 0.2) is 78.9 Å².